The van der Waals surface area contributed by atoms with E-state index in [4.69, 9.17) is 34.8 Å². The average molecular weight is 530 g/mol. The second kappa shape index (κ2) is 8.19. The molecule has 2 aromatic carbocycles. The Balaban J connectivity index is 1.37. The first kappa shape index (κ1) is 22.8. The lowest BCUT2D eigenvalue weighted by molar-refractivity contribution is -0.154. The van der Waals surface area contributed by atoms with E-state index in [-0.39, 0.29) is 28.0 Å². The third-order valence-corrected chi connectivity index (χ3v) is 8.53. The van der Waals surface area contributed by atoms with Gasteiger partial charge in [-0.1, -0.05) is 47.0 Å². The van der Waals surface area contributed by atoms with E-state index < -0.39 is 41.9 Å². The number of hydrazine groups is 1. The third-order valence-electron chi connectivity index (χ3n) is 7.73. The number of imide groups is 1. The van der Waals surface area contributed by atoms with E-state index in [1.54, 1.807) is 0 Å². The highest BCUT2D eigenvalue weighted by Crippen LogP contribution is 2.65. The lowest BCUT2D eigenvalue weighted by Gasteiger charge is -2.37. The molecule has 0 radical (unpaired) electrons. The van der Waals surface area contributed by atoms with E-state index in [0.717, 1.165) is 16.4 Å². The van der Waals surface area contributed by atoms with Gasteiger partial charge in [0.05, 0.1) is 16.9 Å². The molecule has 1 aliphatic heterocycles. The Morgan fingerprint density at radius 3 is 2.00 bits per heavy atom. The maximum atomic E-state index is 13.7. The Hall–Kier alpha value is -2.67. The maximum Gasteiger partial charge on any atom is 0.273 e. The summed E-state index contributed by atoms with van der Waals surface area (Å²) >= 11 is 18.2. The number of rotatable bonds is 5. The van der Waals surface area contributed by atoms with Crippen molar-refractivity contribution in [1.82, 2.24) is 10.0 Å². The number of hydrogen-bond acceptors (Lipinski definition) is 4. The number of allylic oxidation sites excluding steroid dienone is 2. The van der Waals surface area contributed by atoms with Crippen molar-refractivity contribution in [3.05, 3.63) is 80.8 Å². The van der Waals surface area contributed by atoms with Crippen molar-refractivity contribution < 1.29 is 19.2 Å². The molecule has 0 aromatic heterocycles. The smallest absolute Gasteiger partial charge is 0.273 e. The van der Waals surface area contributed by atoms with Gasteiger partial charge in [0, 0.05) is 21.2 Å². The molecule has 3 amide bonds. The molecule has 9 heteroatoms. The van der Waals surface area contributed by atoms with Crippen molar-refractivity contribution in [3.8, 4) is 0 Å². The molecule has 0 N–H and O–H groups in total. The van der Waals surface area contributed by atoms with E-state index in [9.17, 15) is 19.2 Å². The Labute approximate surface area is 216 Å². The minimum Gasteiger partial charge on any atom is -0.292 e. The van der Waals surface area contributed by atoms with Crippen LogP contribution in [0.5, 0.6) is 0 Å². The first-order valence-electron chi connectivity index (χ1n) is 11.4. The minimum atomic E-state index is -0.647. The second-order valence-electron chi connectivity index (χ2n) is 9.56. The molecular weight excluding hydrogens is 511 g/mol. The SMILES string of the molecule is O=C(CN(C(=O)c1ccc(Cl)cc1)N1C(=O)[C@@H]2[C@H]3C=C[C@@H]([C@@H]4C[C@@H]34)[C@H]2C1=O)c1ccc(Cl)cc1Cl. The number of hydrogen-bond donors (Lipinski definition) is 0. The zero-order valence-corrected chi connectivity index (χ0v) is 20.5. The molecule has 178 valence electrons. The summed E-state index contributed by atoms with van der Waals surface area (Å²) in [6, 6.07) is 10.5. The van der Waals surface area contributed by atoms with Crippen molar-refractivity contribution in [2.75, 3.05) is 6.54 Å². The summed E-state index contributed by atoms with van der Waals surface area (Å²) in [7, 11) is 0. The van der Waals surface area contributed by atoms with Crippen LogP contribution in [0, 0.1) is 35.5 Å². The van der Waals surface area contributed by atoms with Crippen LogP contribution in [0.3, 0.4) is 0 Å². The summed E-state index contributed by atoms with van der Waals surface area (Å²) in [6.07, 6.45) is 5.13. The molecule has 2 bridgehead atoms. The van der Waals surface area contributed by atoms with Crippen LogP contribution in [0.4, 0.5) is 0 Å². The van der Waals surface area contributed by atoms with Crippen LogP contribution < -0.4 is 0 Å². The van der Waals surface area contributed by atoms with Crippen LogP contribution in [-0.4, -0.2) is 40.1 Å². The molecule has 0 spiro atoms. The second-order valence-corrected chi connectivity index (χ2v) is 10.8. The van der Waals surface area contributed by atoms with Crippen molar-refractivity contribution >= 4 is 58.3 Å². The van der Waals surface area contributed by atoms with Crippen molar-refractivity contribution in [3.63, 3.8) is 0 Å². The molecule has 2 saturated carbocycles. The highest BCUT2D eigenvalue weighted by atomic mass is 35.5. The molecule has 2 aromatic rings. The van der Waals surface area contributed by atoms with Gasteiger partial charge in [-0.15, -0.1) is 0 Å². The van der Waals surface area contributed by atoms with Crippen LogP contribution in [0.1, 0.15) is 27.1 Å². The Kier molecular flexibility index (Phi) is 5.33. The summed E-state index contributed by atoms with van der Waals surface area (Å²) in [5.41, 5.74) is 0.341. The number of ketones is 1. The standard InChI is InChI=1S/C26H19Cl3N2O4/c27-13-3-1-12(2-4-13)24(33)30(11-21(32)17-6-5-14(28)9-20(17)29)31-25(34)22-15-7-8-16(19-10-18(15)19)23(22)26(31)35/h1-9,15-16,18-19,22-23H,10-11H2/t15-,16-,18-,19-,22+,23+/m0/s1. The lowest BCUT2D eigenvalue weighted by atomic mass is 9.63. The number of amides is 3. The predicted molar refractivity (Wildman–Crippen MR) is 130 cm³/mol. The Morgan fingerprint density at radius 1 is 0.857 bits per heavy atom. The molecule has 7 rings (SSSR count). The molecule has 3 fully saturated rings. The summed E-state index contributed by atoms with van der Waals surface area (Å²) in [5, 5.41) is 2.78. The van der Waals surface area contributed by atoms with Gasteiger partial charge in [-0.3, -0.25) is 19.2 Å². The molecular formula is C26H19Cl3N2O4. The molecule has 6 atom stereocenters. The molecule has 6 nitrogen and oxygen atoms in total. The van der Waals surface area contributed by atoms with Crippen LogP contribution in [-0.2, 0) is 9.59 Å². The van der Waals surface area contributed by atoms with Gasteiger partial charge in [-0.2, -0.15) is 5.01 Å². The van der Waals surface area contributed by atoms with Crippen molar-refractivity contribution in [1.29, 1.82) is 0 Å². The van der Waals surface area contributed by atoms with Gasteiger partial charge in [-0.05, 0) is 72.6 Å². The van der Waals surface area contributed by atoms with Crippen molar-refractivity contribution in [2.24, 2.45) is 35.5 Å². The first-order valence-corrected chi connectivity index (χ1v) is 12.5. The normalized spacial score (nSPS) is 29.7. The molecule has 1 heterocycles. The van der Waals surface area contributed by atoms with E-state index >= 15 is 0 Å². The lowest BCUT2D eigenvalue weighted by Crippen LogP contribution is -2.52. The topological polar surface area (TPSA) is 74.8 Å². The molecule has 5 aliphatic rings. The van der Waals surface area contributed by atoms with E-state index in [1.807, 2.05) is 0 Å². The fraction of sp³-hybridized carbons (Fsp3) is 0.308. The van der Waals surface area contributed by atoms with Gasteiger partial charge in [0.25, 0.3) is 17.7 Å². The third kappa shape index (κ3) is 3.53. The zero-order valence-electron chi connectivity index (χ0n) is 18.2. The predicted octanol–water partition coefficient (Wildman–Crippen LogP) is 4.94. The summed E-state index contributed by atoms with van der Waals surface area (Å²) in [4.78, 5) is 54.2. The van der Waals surface area contributed by atoms with Crippen LogP contribution in [0.15, 0.2) is 54.6 Å². The van der Waals surface area contributed by atoms with Crippen LogP contribution in [0.25, 0.3) is 0 Å². The van der Waals surface area contributed by atoms with Gasteiger partial charge in [0.1, 0.15) is 6.54 Å². The molecule has 4 aliphatic carbocycles. The van der Waals surface area contributed by atoms with Crippen LogP contribution >= 0.6 is 34.8 Å². The minimum absolute atomic E-state index is 0.00894. The Morgan fingerprint density at radius 2 is 1.43 bits per heavy atom. The molecule has 0 unspecified atom stereocenters. The van der Waals surface area contributed by atoms with Gasteiger partial charge in [0.2, 0.25) is 0 Å². The summed E-state index contributed by atoms with van der Waals surface area (Å²) in [5.74, 6) is -2.22. The monoisotopic (exact) mass is 528 g/mol. The van der Waals surface area contributed by atoms with Gasteiger partial charge in [0.15, 0.2) is 5.78 Å². The number of carbonyl (C=O) groups is 4. The quantitative estimate of drug-likeness (QED) is 0.312. The summed E-state index contributed by atoms with van der Waals surface area (Å²) < 4.78 is 0. The van der Waals surface area contributed by atoms with Gasteiger partial charge < -0.3 is 0 Å². The summed E-state index contributed by atoms with van der Waals surface area (Å²) in [6.45, 7) is -0.532. The van der Waals surface area contributed by atoms with E-state index in [1.165, 1.54) is 42.5 Å². The fourth-order valence-electron chi connectivity index (χ4n) is 6.09. The zero-order chi connectivity index (χ0) is 24.6. The van der Waals surface area contributed by atoms with Crippen molar-refractivity contribution in [2.45, 2.75) is 6.42 Å². The highest BCUT2D eigenvalue weighted by Gasteiger charge is 2.68. The Bertz CT molecular complexity index is 1290. The number of benzene rings is 2. The van der Waals surface area contributed by atoms with Gasteiger partial charge >= 0.3 is 0 Å². The number of nitrogens with zero attached hydrogens (tertiary/aromatic N) is 2. The van der Waals surface area contributed by atoms with E-state index in [0.29, 0.717) is 21.9 Å². The molecule has 1 saturated heterocycles. The fourth-order valence-corrected chi connectivity index (χ4v) is 6.73. The largest absolute Gasteiger partial charge is 0.292 e. The maximum absolute atomic E-state index is 13.7. The molecule has 35 heavy (non-hydrogen) atoms. The van der Waals surface area contributed by atoms with Crippen LogP contribution in [0.2, 0.25) is 15.1 Å². The highest BCUT2D eigenvalue weighted by molar-refractivity contribution is 6.37. The van der Waals surface area contributed by atoms with Gasteiger partial charge in [-0.25, -0.2) is 5.01 Å². The number of halogens is 3. The van der Waals surface area contributed by atoms with E-state index in [2.05, 4.69) is 12.2 Å². The average Bonchev–Trinajstić information content (AvgIpc) is 3.61. The first-order chi connectivity index (χ1) is 16.8. The number of Topliss-reactive ketones (excluding diaryl/α,β-unsaturated/α-hetero) is 1. The number of carbonyl (C=O) groups excluding carboxylic acids is 4.